The maximum absolute atomic E-state index is 12.8. The number of hydrogen-bond donors (Lipinski definition) is 0. The van der Waals surface area contributed by atoms with E-state index in [0.717, 1.165) is 5.75 Å². The molecule has 0 spiro atoms. The van der Waals surface area contributed by atoms with E-state index in [0.29, 0.717) is 43.2 Å². The highest BCUT2D eigenvalue weighted by molar-refractivity contribution is 7.89. The van der Waals surface area contributed by atoms with E-state index < -0.39 is 10.0 Å². The van der Waals surface area contributed by atoms with E-state index in [-0.39, 0.29) is 6.10 Å². The number of piperidine rings is 1. The Labute approximate surface area is 149 Å². The fourth-order valence-corrected chi connectivity index (χ4v) is 4.38. The van der Waals surface area contributed by atoms with Gasteiger partial charge in [-0.15, -0.1) is 0 Å². The van der Waals surface area contributed by atoms with Crippen LogP contribution >= 0.6 is 0 Å². The summed E-state index contributed by atoms with van der Waals surface area (Å²) in [6.07, 6.45) is 1.42. The summed E-state index contributed by atoms with van der Waals surface area (Å²) in [6, 6.07) is 16.2. The molecule has 0 aliphatic carbocycles. The summed E-state index contributed by atoms with van der Waals surface area (Å²) in [4.78, 5) is 0.304. The molecule has 134 valence electrons. The van der Waals surface area contributed by atoms with Crippen LogP contribution in [0.2, 0.25) is 0 Å². The van der Waals surface area contributed by atoms with Crippen LogP contribution in [0.25, 0.3) is 0 Å². The maximum atomic E-state index is 12.8. The Hall–Kier alpha value is -2.05. The van der Waals surface area contributed by atoms with E-state index in [2.05, 4.69) is 0 Å². The minimum atomic E-state index is -3.47. The molecule has 0 bridgehead atoms. The SMILES string of the molecule is CCOc1ccc(S(=O)(=O)N2CCC(Oc3ccccc3)CC2)cc1. The van der Waals surface area contributed by atoms with Crippen molar-refractivity contribution in [1.82, 2.24) is 4.31 Å². The molecule has 0 aromatic heterocycles. The second-order valence-electron chi connectivity index (χ2n) is 5.94. The van der Waals surface area contributed by atoms with Gasteiger partial charge in [-0.2, -0.15) is 4.31 Å². The van der Waals surface area contributed by atoms with E-state index in [1.807, 2.05) is 37.3 Å². The Morgan fingerprint density at radius 3 is 2.20 bits per heavy atom. The lowest BCUT2D eigenvalue weighted by atomic mass is 10.1. The Balaban J connectivity index is 1.61. The molecule has 0 amide bonds. The monoisotopic (exact) mass is 361 g/mol. The van der Waals surface area contributed by atoms with Crippen molar-refractivity contribution in [3.05, 3.63) is 54.6 Å². The molecule has 25 heavy (non-hydrogen) atoms. The molecule has 0 atom stereocenters. The van der Waals surface area contributed by atoms with Crippen molar-refractivity contribution < 1.29 is 17.9 Å². The second kappa shape index (κ2) is 7.89. The molecule has 0 N–H and O–H groups in total. The topological polar surface area (TPSA) is 55.8 Å². The number of benzene rings is 2. The third-order valence-corrected chi connectivity index (χ3v) is 6.13. The van der Waals surface area contributed by atoms with Crippen molar-refractivity contribution in [2.24, 2.45) is 0 Å². The highest BCUT2D eigenvalue weighted by Crippen LogP contribution is 2.25. The van der Waals surface area contributed by atoms with Gasteiger partial charge in [0.15, 0.2) is 0 Å². The van der Waals surface area contributed by atoms with Crippen LogP contribution in [0.15, 0.2) is 59.5 Å². The van der Waals surface area contributed by atoms with Gasteiger partial charge < -0.3 is 9.47 Å². The Morgan fingerprint density at radius 2 is 1.60 bits per heavy atom. The Kier molecular flexibility index (Phi) is 5.60. The van der Waals surface area contributed by atoms with Gasteiger partial charge in [0.2, 0.25) is 10.0 Å². The summed E-state index contributed by atoms with van der Waals surface area (Å²) < 4.78 is 38.4. The van der Waals surface area contributed by atoms with Gasteiger partial charge >= 0.3 is 0 Å². The van der Waals surface area contributed by atoms with Crippen LogP contribution in [0.4, 0.5) is 0 Å². The second-order valence-corrected chi connectivity index (χ2v) is 7.88. The van der Waals surface area contributed by atoms with Crippen molar-refractivity contribution in [3.8, 4) is 11.5 Å². The molecule has 0 unspecified atom stereocenters. The van der Waals surface area contributed by atoms with Gasteiger partial charge in [-0.3, -0.25) is 0 Å². The molecule has 0 radical (unpaired) electrons. The van der Waals surface area contributed by atoms with E-state index in [1.54, 1.807) is 24.3 Å². The van der Waals surface area contributed by atoms with Crippen molar-refractivity contribution in [2.45, 2.75) is 30.8 Å². The largest absolute Gasteiger partial charge is 0.494 e. The molecular formula is C19H23NO4S. The summed E-state index contributed by atoms with van der Waals surface area (Å²) in [7, 11) is -3.47. The number of nitrogens with zero attached hydrogens (tertiary/aromatic N) is 1. The minimum absolute atomic E-state index is 0.0502. The zero-order chi connectivity index (χ0) is 17.7. The van der Waals surface area contributed by atoms with Gasteiger partial charge in [-0.25, -0.2) is 8.42 Å². The smallest absolute Gasteiger partial charge is 0.243 e. The van der Waals surface area contributed by atoms with Crippen LogP contribution in [0.5, 0.6) is 11.5 Å². The molecule has 5 nitrogen and oxygen atoms in total. The predicted molar refractivity (Wildman–Crippen MR) is 96.5 cm³/mol. The fourth-order valence-electron chi connectivity index (χ4n) is 2.91. The molecule has 1 aliphatic heterocycles. The van der Waals surface area contributed by atoms with Gasteiger partial charge in [0.1, 0.15) is 17.6 Å². The van der Waals surface area contributed by atoms with Crippen LogP contribution in [0.3, 0.4) is 0 Å². The molecule has 3 rings (SSSR count). The molecule has 1 heterocycles. The third kappa shape index (κ3) is 4.32. The van der Waals surface area contributed by atoms with Crippen LogP contribution in [0.1, 0.15) is 19.8 Å². The molecule has 1 aliphatic rings. The molecule has 1 fully saturated rings. The summed E-state index contributed by atoms with van der Waals surface area (Å²) in [5.74, 6) is 1.51. The first-order chi connectivity index (χ1) is 12.1. The average molecular weight is 361 g/mol. The first kappa shape index (κ1) is 17.8. The highest BCUT2D eigenvalue weighted by Gasteiger charge is 2.30. The first-order valence-corrected chi connectivity index (χ1v) is 9.98. The predicted octanol–water partition coefficient (Wildman–Crippen LogP) is 3.32. The molecule has 2 aromatic carbocycles. The minimum Gasteiger partial charge on any atom is -0.494 e. The summed E-state index contributed by atoms with van der Waals surface area (Å²) >= 11 is 0. The first-order valence-electron chi connectivity index (χ1n) is 8.54. The van der Waals surface area contributed by atoms with Gasteiger partial charge in [0.05, 0.1) is 11.5 Å². The summed E-state index contributed by atoms with van der Waals surface area (Å²) in [5.41, 5.74) is 0. The van der Waals surface area contributed by atoms with E-state index >= 15 is 0 Å². The summed E-state index contributed by atoms with van der Waals surface area (Å²) in [5, 5.41) is 0. The van der Waals surface area contributed by atoms with Crippen LogP contribution in [0, 0.1) is 0 Å². The standard InChI is InChI=1S/C19H23NO4S/c1-2-23-16-8-10-19(11-9-16)25(21,22)20-14-12-18(13-15-20)24-17-6-4-3-5-7-17/h3-11,18H,2,12-15H2,1H3. The lowest BCUT2D eigenvalue weighted by Gasteiger charge is -2.31. The van der Waals surface area contributed by atoms with Gasteiger partial charge in [-0.05, 0) is 56.2 Å². The molecule has 6 heteroatoms. The van der Waals surface area contributed by atoms with Crippen LogP contribution in [-0.4, -0.2) is 38.5 Å². The fraction of sp³-hybridized carbons (Fsp3) is 0.368. The normalized spacial score (nSPS) is 16.5. The zero-order valence-corrected chi connectivity index (χ0v) is 15.1. The lowest BCUT2D eigenvalue weighted by Crippen LogP contribution is -2.41. The average Bonchev–Trinajstić information content (AvgIpc) is 2.64. The molecule has 0 saturated carbocycles. The Bertz CT molecular complexity index is 767. The summed E-state index contributed by atoms with van der Waals surface area (Å²) in [6.45, 7) is 3.38. The maximum Gasteiger partial charge on any atom is 0.243 e. The van der Waals surface area contributed by atoms with Crippen molar-refractivity contribution in [1.29, 1.82) is 0 Å². The quantitative estimate of drug-likeness (QED) is 0.792. The lowest BCUT2D eigenvalue weighted by molar-refractivity contribution is 0.135. The van der Waals surface area contributed by atoms with E-state index in [1.165, 1.54) is 4.31 Å². The highest BCUT2D eigenvalue weighted by atomic mass is 32.2. The number of ether oxygens (including phenoxy) is 2. The Morgan fingerprint density at radius 1 is 0.960 bits per heavy atom. The van der Waals surface area contributed by atoms with Gasteiger partial charge in [-0.1, -0.05) is 18.2 Å². The van der Waals surface area contributed by atoms with Gasteiger partial charge in [0.25, 0.3) is 0 Å². The van der Waals surface area contributed by atoms with Crippen LogP contribution < -0.4 is 9.47 Å². The molecule has 1 saturated heterocycles. The van der Waals surface area contributed by atoms with Crippen LogP contribution in [-0.2, 0) is 10.0 Å². The van der Waals surface area contributed by atoms with Crippen molar-refractivity contribution >= 4 is 10.0 Å². The number of sulfonamides is 1. The number of hydrogen-bond acceptors (Lipinski definition) is 4. The zero-order valence-electron chi connectivity index (χ0n) is 14.3. The van der Waals surface area contributed by atoms with E-state index in [4.69, 9.17) is 9.47 Å². The third-order valence-electron chi connectivity index (χ3n) is 4.22. The van der Waals surface area contributed by atoms with Gasteiger partial charge in [0, 0.05) is 13.1 Å². The van der Waals surface area contributed by atoms with Crippen molar-refractivity contribution in [2.75, 3.05) is 19.7 Å². The molecule has 2 aromatic rings. The number of para-hydroxylation sites is 1. The van der Waals surface area contributed by atoms with Crippen molar-refractivity contribution in [3.63, 3.8) is 0 Å². The molecular weight excluding hydrogens is 338 g/mol. The number of rotatable bonds is 6. The van der Waals surface area contributed by atoms with E-state index in [9.17, 15) is 8.42 Å².